The van der Waals surface area contributed by atoms with Crippen LogP contribution in [0.5, 0.6) is 0 Å². The Bertz CT molecular complexity index is 307. The lowest BCUT2D eigenvalue weighted by Crippen LogP contribution is -2.42. The third kappa shape index (κ3) is 5.22. The number of hydrogen-bond donors (Lipinski definition) is 1. The summed E-state index contributed by atoms with van der Waals surface area (Å²) in [7, 11) is 2.23. The van der Waals surface area contributed by atoms with Crippen molar-refractivity contribution in [1.29, 1.82) is 0 Å². The molecule has 1 N–H and O–H groups in total. The number of rotatable bonds is 5. The van der Waals surface area contributed by atoms with E-state index in [0.29, 0.717) is 11.3 Å². The summed E-state index contributed by atoms with van der Waals surface area (Å²) in [5, 5.41) is 10.3. The van der Waals surface area contributed by atoms with Crippen molar-refractivity contribution < 1.29 is 5.11 Å². The monoisotopic (exact) mass is 296 g/mol. The molecule has 0 aromatic rings. The fourth-order valence-electron chi connectivity index (χ4n) is 4.04. The lowest BCUT2D eigenvalue weighted by Gasteiger charge is -2.41. The Kier molecular flexibility index (Phi) is 6.10. The number of aliphatic hydroxyl groups is 1. The second-order valence-corrected chi connectivity index (χ2v) is 8.51. The normalized spacial score (nSPS) is 32.0. The third-order valence-corrected chi connectivity index (χ3v) is 5.71. The van der Waals surface area contributed by atoms with Gasteiger partial charge in [0.1, 0.15) is 0 Å². The first-order valence-electron chi connectivity index (χ1n) is 8.95. The van der Waals surface area contributed by atoms with Crippen LogP contribution in [0.4, 0.5) is 0 Å². The molecule has 0 spiro atoms. The van der Waals surface area contributed by atoms with Crippen LogP contribution in [-0.2, 0) is 0 Å². The maximum absolute atomic E-state index is 10.3. The van der Waals surface area contributed by atoms with Gasteiger partial charge in [-0.2, -0.15) is 0 Å². The lowest BCUT2D eigenvalue weighted by atomic mass is 9.68. The van der Waals surface area contributed by atoms with Crippen molar-refractivity contribution in [1.82, 2.24) is 9.80 Å². The molecule has 3 nitrogen and oxygen atoms in total. The fourth-order valence-corrected chi connectivity index (χ4v) is 4.04. The summed E-state index contributed by atoms with van der Waals surface area (Å²) in [5.41, 5.74) is 0.381. The predicted octanol–water partition coefficient (Wildman–Crippen LogP) is 2.84. The average Bonchev–Trinajstić information content (AvgIpc) is 2.91. The third-order valence-electron chi connectivity index (χ3n) is 5.71. The van der Waals surface area contributed by atoms with Gasteiger partial charge in [0.2, 0.25) is 0 Å². The van der Waals surface area contributed by atoms with E-state index in [1.54, 1.807) is 0 Å². The average molecular weight is 296 g/mol. The minimum atomic E-state index is -0.0853. The molecule has 3 atom stereocenters. The Hall–Kier alpha value is -0.120. The summed E-state index contributed by atoms with van der Waals surface area (Å²) in [6.45, 7) is 13.0. The van der Waals surface area contributed by atoms with E-state index in [9.17, 15) is 5.11 Å². The van der Waals surface area contributed by atoms with E-state index < -0.39 is 0 Å². The van der Waals surface area contributed by atoms with Gasteiger partial charge in [0.15, 0.2) is 0 Å². The molecule has 3 unspecified atom stereocenters. The smallest absolute Gasteiger partial charge is 0.0580 e. The van der Waals surface area contributed by atoms with E-state index in [-0.39, 0.29) is 6.10 Å². The van der Waals surface area contributed by atoms with E-state index in [2.05, 4.69) is 37.6 Å². The first-order valence-corrected chi connectivity index (χ1v) is 8.95. The van der Waals surface area contributed by atoms with Gasteiger partial charge in [-0.25, -0.2) is 0 Å². The van der Waals surface area contributed by atoms with E-state index in [4.69, 9.17) is 0 Å². The molecule has 3 heteroatoms. The largest absolute Gasteiger partial charge is 0.393 e. The van der Waals surface area contributed by atoms with Crippen LogP contribution in [0.25, 0.3) is 0 Å². The van der Waals surface area contributed by atoms with Crippen LogP contribution < -0.4 is 0 Å². The summed E-state index contributed by atoms with van der Waals surface area (Å²) < 4.78 is 0. The Morgan fingerprint density at radius 1 is 1.14 bits per heavy atom. The molecule has 0 radical (unpaired) electrons. The highest BCUT2D eigenvalue weighted by molar-refractivity contribution is 4.86. The molecular formula is C18H36N2O. The molecule has 1 saturated heterocycles. The van der Waals surface area contributed by atoms with Crippen molar-refractivity contribution in [2.45, 2.75) is 59.0 Å². The molecule has 1 saturated carbocycles. The predicted molar refractivity (Wildman–Crippen MR) is 89.5 cm³/mol. The molecule has 1 heterocycles. The summed E-state index contributed by atoms with van der Waals surface area (Å²) >= 11 is 0. The first-order chi connectivity index (χ1) is 9.86. The van der Waals surface area contributed by atoms with Crippen LogP contribution in [0.3, 0.4) is 0 Å². The summed E-state index contributed by atoms with van der Waals surface area (Å²) in [6.07, 6.45) is 6.04. The van der Waals surface area contributed by atoms with Crippen molar-refractivity contribution in [3.05, 3.63) is 0 Å². The Labute approximate surface area is 131 Å². The van der Waals surface area contributed by atoms with Gasteiger partial charge in [-0.15, -0.1) is 0 Å². The zero-order chi connectivity index (χ0) is 15.5. The van der Waals surface area contributed by atoms with E-state index in [1.807, 2.05) is 0 Å². The second-order valence-electron chi connectivity index (χ2n) is 8.51. The van der Waals surface area contributed by atoms with E-state index in [1.165, 1.54) is 45.3 Å². The number of likely N-dealkylation sites (N-methyl/N-ethyl adjacent to an activating group) is 1. The molecule has 2 rings (SSSR count). The van der Waals surface area contributed by atoms with Crippen LogP contribution in [0, 0.1) is 17.3 Å². The molecule has 124 valence electrons. The van der Waals surface area contributed by atoms with Crippen molar-refractivity contribution in [2.24, 2.45) is 17.3 Å². The maximum Gasteiger partial charge on any atom is 0.0580 e. The fraction of sp³-hybridized carbons (Fsp3) is 1.00. The van der Waals surface area contributed by atoms with Gasteiger partial charge in [0.25, 0.3) is 0 Å². The van der Waals surface area contributed by atoms with E-state index in [0.717, 1.165) is 25.4 Å². The second kappa shape index (κ2) is 7.43. The van der Waals surface area contributed by atoms with Gasteiger partial charge in [0, 0.05) is 19.6 Å². The highest BCUT2D eigenvalue weighted by atomic mass is 16.3. The zero-order valence-corrected chi connectivity index (χ0v) is 14.6. The van der Waals surface area contributed by atoms with Crippen LogP contribution in [0.1, 0.15) is 52.9 Å². The molecule has 0 bridgehead atoms. The van der Waals surface area contributed by atoms with Crippen LogP contribution in [0.15, 0.2) is 0 Å². The Morgan fingerprint density at radius 3 is 2.43 bits per heavy atom. The van der Waals surface area contributed by atoms with Gasteiger partial charge < -0.3 is 14.9 Å². The van der Waals surface area contributed by atoms with Crippen molar-refractivity contribution in [2.75, 3.05) is 39.8 Å². The summed E-state index contributed by atoms with van der Waals surface area (Å²) in [4.78, 5) is 5.02. The van der Waals surface area contributed by atoms with Crippen LogP contribution in [-0.4, -0.2) is 60.8 Å². The molecule has 1 aliphatic carbocycles. The number of hydrogen-bond acceptors (Lipinski definition) is 3. The van der Waals surface area contributed by atoms with E-state index >= 15 is 0 Å². The van der Waals surface area contributed by atoms with Gasteiger partial charge in [-0.05, 0) is 69.5 Å². The van der Waals surface area contributed by atoms with Gasteiger partial charge in [-0.3, -0.25) is 0 Å². The minimum absolute atomic E-state index is 0.0853. The molecule has 2 aliphatic rings. The summed E-state index contributed by atoms with van der Waals surface area (Å²) in [5.74, 6) is 1.23. The highest BCUT2D eigenvalue weighted by Gasteiger charge is 2.35. The molecular weight excluding hydrogens is 260 g/mol. The van der Waals surface area contributed by atoms with Gasteiger partial charge in [-0.1, -0.05) is 20.8 Å². The highest BCUT2D eigenvalue weighted by Crippen LogP contribution is 2.40. The maximum atomic E-state index is 10.3. The van der Waals surface area contributed by atoms with Gasteiger partial charge in [0.05, 0.1) is 6.10 Å². The molecule has 1 aliphatic heterocycles. The zero-order valence-electron chi connectivity index (χ0n) is 14.6. The van der Waals surface area contributed by atoms with Crippen molar-refractivity contribution in [3.63, 3.8) is 0 Å². The molecule has 21 heavy (non-hydrogen) atoms. The van der Waals surface area contributed by atoms with Gasteiger partial charge >= 0.3 is 0 Å². The molecule has 2 fully saturated rings. The minimum Gasteiger partial charge on any atom is -0.393 e. The Morgan fingerprint density at radius 2 is 1.81 bits per heavy atom. The van der Waals surface area contributed by atoms with Crippen molar-refractivity contribution in [3.8, 4) is 0 Å². The molecule has 0 amide bonds. The number of likely N-dealkylation sites (tertiary alicyclic amines) is 1. The topological polar surface area (TPSA) is 26.7 Å². The first kappa shape index (κ1) is 17.2. The van der Waals surface area contributed by atoms with Crippen LogP contribution >= 0.6 is 0 Å². The lowest BCUT2D eigenvalue weighted by molar-refractivity contribution is 0.00583. The Balaban J connectivity index is 1.76. The van der Waals surface area contributed by atoms with Crippen molar-refractivity contribution >= 4 is 0 Å². The van der Waals surface area contributed by atoms with Crippen LogP contribution in [0.2, 0.25) is 0 Å². The number of nitrogens with zero attached hydrogens (tertiary/aromatic N) is 2. The molecule has 0 aromatic carbocycles. The number of aliphatic hydroxyl groups excluding tert-OH is 1. The molecule has 0 aromatic heterocycles. The SMILES string of the molecule is CN(CCN1CCCC1)CC1CC(C(C)(C)C)CCC1O. The standard InChI is InChI=1S/C18H36N2O/c1-18(2,3)16-7-8-17(21)15(13-16)14-19(4)11-12-20-9-5-6-10-20/h15-17,21H,5-14H2,1-4H3. The summed E-state index contributed by atoms with van der Waals surface area (Å²) in [6, 6.07) is 0. The quantitative estimate of drug-likeness (QED) is 0.845.